The number of aryl methyl sites for hydroxylation is 2. The van der Waals surface area contributed by atoms with E-state index >= 15 is 0 Å². The van der Waals surface area contributed by atoms with Crippen LogP contribution in [0.4, 0.5) is 17.1 Å². The molecule has 0 heterocycles. The summed E-state index contributed by atoms with van der Waals surface area (Å²) in [6.45, 7) is 17.2. The molecule has 7 nitrogen and oxygen atoms in total. The fraction of sp³-hybridized carbons (Fsp3) is 0.406. The first-order chi connectivity index (χ1) is 19.6. The number of guanidine groups is 1. The summed E-state index contributed by atoms with van der Waals surface area (Å²) in [4.78, 5) is 8.28. The summed E-state index contributed by atoms with van der Waals surface area (Å²) in [6, 6.07) is 16.4. The Morgan fingerprint density at radius 2 is 1.73 bits per heavy atom. The van der Waals surface area contributed by atoms with Gasteiger partial charge in [0.05, 0.1) is 18.5 Å². The summed E-state index contributed by atoms with van der Waals surface area (Å²) in [5.74, 6) is 1.04. The van der Waals surface area contributed by atoms with Gasteiger partial charge in [-0.2, -0.15) is 0 Å². The molecule has 3 aromatic rings. The fourth-order valence-electron chi connectivity index (χ4n) is 4.63. The lowest BCUT2D eigenvalue weighted by molar-refractivity contribution is 0.254. The summed E-state index contributed by atoms with van der Waals surface area (Å²) in [6.07, 6.45) is 1.18. The fourth-order valence-corrected chi connectivity index (χ4v) is 5.87. The molecule has 0 spiro atoms. The normalized spacial score (nSPS) is 12.0. The number of hydrogen-bond acceptors (Lipinski definition) is 6. The van der Waals surface area contributed by atoms with Crippen LogP contribution in [0.25, 0.3) is 11.1 Å². The quantitative estimate of drug-likeness (QED) is 0.0805. The zero-order valence-corrected chi connectivity index (χ0v) is 27.0. The molecule has 0 bridgehead atoms. The minimum Gasteiger partial charge on any atom is -0.496 e. The Balaban J connectivity index is 1.70. The highest BCUT2D eigenvalue weighted by Gasteiger charge is 2.15. The molecule has 3 aromatic carbocycles. The summed E-state index contributed by atoms with van der Waals surface area (Å²) < 4.78 is 7.92. The Morgan fingerprint density at radius 1 is 1.02 bits per heavy atom. The van der Waals surface area contributed by atoms with Crippen LogP contribution in [0.3, 0.4) is 0 Å². The van der Waals surface area contributed by atoms with Gasteiger partial charge in [0, 0.05) is 40.3 Å². The average molecular weight is 597 g/mol. The topological polar surface area (TPSA) is 92.1 Å². The van der Waals surface area contributed by atoms with Crippen molar-refractivity contribution in [2.75, 3.05) is 44.3 Å². The van der Waals surface area contributed by atoms with Gasteiger partial charge in [0.2, 0.25) is 0 Å². The summed E-state index contributed by atoms with van der Waals surface area (Å²) in [5.41, 5.74) is 18.3. The SMILES string of the molecule is CCCN(CC)CCN(Sc1ccc(NC(N)=Nc2c(C)cc(-c3cc(OC)c(C)cc3Cl)cc2N)cc1)C(C)C. The van der Waals surface area contributed by atoms with Gasteiger partial charge in [0.15, 0.2) is 5.96 Å². The number of rotatable bonds is 13. The number of likely N-dealkylation sites (N-methyl/N-ethyl adjacent to an activating group) is 1. The number of benzene rings is 3. The maximum absolute atomic E-state index is 6.55. The predicted octanol–water partition coefficient (Wildman–Crippen LogP) is 7.72. The minimum absolute atomic E-state index is 0.266. The van der Waals surface area contributed by atoms with E-state index in [1.807, 2.05) is 50.2 Å². The van der Waals surface area contributed by atoms with Crippen molar-refractivity contribution in [3.8, 4) is 16.9 Å². The molecular weight excluding hydrogens is 552 g/mol. The number of hydrogen-bond donors (Lipinski definition) is 3. The molecule has 0 saturated carbocycles. The summed E-state index contributed by atoms with van der Waals surface area (Å²) in [5, 5.41) is 3.83. The van der Waals surface area contributed by atoms with Crippen molar-refractivity contribution in [1.29, 1.82) is 0 Å². The van der Waals surface area contributed by atoms with Crippen LogP contribution in [0.5, 0.6) is 5.75 Å². The molecule has 0 fully saturated rings. The van der Waals surface area contributed by atoms with Crippen LogP contribution in [0.2, 0.25) is 5.02 Å². The Labute approximate surface area is 255 Å². The number of aliphatic imine (C=N–C) groups is 1. The van der Waals surface area contributed by atoms with Gasteiger partial charge in [-0.05, 0) is 124 Å². The van der Waals surface area contributed by atoms with E-state index in [9.17, 15) is 0 Å². The van der Waals surface area contributed by atoms with Gasteiger partial charge in [-0.1, -0.05) is 25.4 Å². The third-order valence-corrected chi connectivity index (χ3v) is 8.54. The molecule has 0 aromatic heterocycles. The molecule has 0 aliphatic rings. The van der Waals surface area contributed by atoms with E-state index in [0.717, 1.165) is 59.9 Å². The lowest BCUT2D eigenvalue weighted by atomic mass is 9.99. The van der Waals surface area contributed by atoms with Gasteiger partial charge in [-0.25, -0.2) is 9.30 Å². The maximum Gasteiger partial charge on any atom is 0.198 e. The van der Waals surface area contributed by atoms with Crippen molar-refractivity contribution in [2.45, 2.75) is 58.9 Å². The van der Waals surface area contributed by atoms with Crippen molar-refractivity contribution >= 4 is 46.6 Å². The van der Waals surface area contributed by atoms with Crippen molar-refractivity contribution in [1.82, 2.24) is 9.21 Å². The predicted molar refractivity (Wildman–Crippen MR) is 179 cm³/mol. The van der Waals surface area contributed by atoms with Gasteiger partial charge in [-0.3, -0.25) is 0 Å². The van der Waals surface area contributed by atoms with Crippen molar-refractivity contribution in [3.63, 3.8) is 0 Å². The molecule has 0 atom stereocenters. The zero-order chi connectivity index (χ0) is 30.1. The van der Waals surface area contributed by atoms with E-state index in [1.165, 1.54) is 11.3 Å². The highest BCUT2D eigenvalue weighted by atomic mass is 35.5. The maximum atomic E-state index is 6.55. The average Bonchev–Trinajstić information content (AvgIpc) is 2.93. The molecule has 0 unspecified atom stereocenters. The number of halogens is 1. The number of nitrogens with zero attached hydrogens (tertiary/aromatic N) is 3. The van der Waals surface area contributed by atoms with Crippen LogP contribution in [-0.2, 0) is 0 Å². The molecule has 222 valence electrons. The first-order valence-corrected chi connectivity index (χ1v) is 15.3. The second kappa shape index (κ2) is 15.4. The highest BCUT2D eigenvalue weighted by Crippen LogP contribution is 2.38. The largest absolute Gasteiger partial charge is 0.496 e. The van der Waals surface area contributed by atoms with E-state index < -0.39 is 0 Å². The molecule has 0 aliphatic heterocycles. The van der Waals surface area contributed by atoms with E-state index in [1.54, 1.807) is 19.1 Å². The molecule has 0 saturated heterocycles. The van der Waals surface area contributed by atoms with Crippen LogP contribution in [0, 0.1) is 13.8 Å². The van der Waals surface area contributed by atoms with Crippen LogP contribution < -0.4 is 21.5 Å². The number of nitrogens with two attached hydrogens (primary N) is 2. The van der Waals surface area contributed by atoms with E-state index in [-0.39, 0.29) is 5.96 Å². The first kappa shape index (κ1) is 32.6. The first-order valence-electron chi connectivity index (χ1n) is 14.2. The molecule has 3 rings (SSSR count). The van der Waals surface area contributed by atoms with Crippen LogP contribution in [0.15, 0.2) is 58.4 Å². The van der Waals surface area contributed by atoms with Gasteiger partial charge >= 0.3 is 0 Å². The highest BCUT2D eigenvalue weighted by molar-refractivity contribution is 7.97. The van der Waals surface area contributed by atoms with Crippen LogP contribution >= 0.6 is 23.5 Å². The van der Waals surface area contributed by atoms with E-state index in [2.05, 4.69) is 59.3 Å². The van der Waals surface area contributed by atoms with Gasteiger partial charge in [0.1, 0.15) is 5.75 Å². The summed E-state index contributed by atoms with van der Waals surface area (Å²) >= 11 is 8.34. The number of methoxy groups -OCH3 is 1. The van der Waals surface area contributed by atoms with Crippen molar-refractivity contribution < 1.29 is 4.74 Å². The number of anilines is 2. The lowest BCUT2D eigenvalue weighted by Crippen LogP contribution is -2.35. The van der Waals surface area contributed by atoms with Crippen LogP contribution in [0.1, 0.15) is 45.2 Å². The van der Waals surface area contributed by atoms with Crippen LogP contribution in [-0.4, -0.2) is 54.5 Å². The molecule has 5 N–H and O–H groups in total. The molecule has 0 aliphatic carbocycles. The molecular formula is C32H45ClN6OS. The summed E-state index contributed by atoms with van der Waals surface area (Å²) in [7, 11) is 1.65. The number of nitrogens with one attached hydrogen (secondary N) is 1. The number of nitrogen functional groups attached to an aromatic ring is 1. The van der Waals surface area contributed by atoms with Crippen molar-refractivity contribution in [3.05, 3.63) is 64.7 Å². The third kappa shape index (κ3) is 9.04. The molecule has 41 heavy (non-hydrogen) atoms. The van der Waals surface area contributed by atoms with Gasteiger partial charge in [-0.15, -0.1) is 0 Å². The molecule has 0 amide bonds. The Hall–Kier alpha value is -2.91. The second-order valence-corrected chi connectivity index (χ2v) is 12.0. The minimum atomic E-state index is 0.266. The van der Waals surface area contributed by atoms with E-state index in [4.69, 9.17) is 27.8 Å². The second-order valence-electron chi connectivity index (χ2n) is 10.4. The Kier molecular flexibility index (Phi) is 12.2. The zero-order valence-electron chi connectivity index (χ0n) is 25.4. The van der Waals surface area contributed by atoms with E-state index in [0.29, 0.717) is 22.4 Å². The monoisotopic (exact) mass is 596 g/mol. The van der Waals surface area contributed by atoms with Crippen molar-refractivity contribution in [2.24, 2.45) is 10.7 Å². The molecule has 0 radical (unpaired) electrons. The smallest absolute Gasteiger partial charge is 0.198 e. The molecule has 9 heteroatoms. The van der Waals surface area contributed by atoms with Gasteiger partial charge < -0.3 is 26.4 Å². The lowest BCUT2D eigenvalue weighted by Gasteiger charge is -2.28. The Morgan fingerprint density at radius 3 is 2.32 bits per heavy atom. The van der Waals surface area contributed by atoms with Gasteiger partial charge in [0.25, 0.3) is 0 Å². The Bertz CT molecular complexity index is 1310. The standard InChI is InChI=1S/C32H45ClN6OS/c1-8-14-38(9-2)15-16-39(21(3)4)41-26-12-10-25(11-13-26)36-32(35)37-31-23(6)17-24(19-29(31)34)27-20-30(40-7)22(5)18-28(27)33/h10-13,17-21H,8-9,14-16,34H2,1-7H3,(H3,35,36,37). The third-order valence-electron chi connectivity index (χ3n) is 6.91. The number of ether oxygens (including phenoxy) is 1.